The summed E-state index contributed by atoms with van der Waals surface area (Å²) in [7, 11) is 0. The first-order valence-electron chi connectivity index (χ1n) is 8.84. The number of nitrogens with two attached hydrogens (primary N) is 1. The monoisotopic (exact) mass is 365 g/mol. The van der Waals surface area contributed by atoms with Crippen molar-refractivity contribution in [3.05, 3.63) is 57.4 Å². The minimum atomic E-state index is -1.44. The third-order valence-corrected chi connectivity index (χ3v) is 4.85. The molecule has 7 nitrogen and oxygen atoms in total. The molecule has 2 aliphatic heterocycles. The van der Waals surface area contributed by atoms with Gasteiger partial charge in [-0.15, -0.1) is 0 Å². The van der Waals surface area contributed by atoms with Crippen molar-refractivity contribution in [3.63, 3.8) is 0 Å². The zero-order chi connectivity index (χ0) is 19.3. The van der Waals surface area contributed by atoms with Crippen LogP contribution in [0.25, 0.3) is 22.3 Å². The Morgan fingerprint density at radius 3 is 2.81 bits per heavy atom. The first-order valence-corrected chi connectivity index (χ1v) is 8.84. The minimum absolute atomic E-state index is 0.122. The number of aliphatic hydroxyl groups is 1. The van der Waals surface area contributed by atoms with Gasteiger partial charge in [-0.2, -0.15) is 0 Å². The minimum Gasteiger partial charge on any atom is -0.458 e. The zero-order valence-electron chi connectivity index (χ0n) is 15.0. The molecule has 2 aliphatic rings. The largest absolute Gasteiger partial charge is 0.458 e. The average molecular weight is 365 g/mol. The molecule has 0 saturated carbocycles. The number of carbonyl (C=O) groups is 1. The highest BCUT2D eigenvalue weighted by Gasteiger charge is 2.33. The van der Waals surface area contributed by atoms with Crippen molar-refractivity contribution in [2.75, 3.05) is 5.73 Å². The Hall–Kier alpha value is -3.19. The third kappa shape index (κ3) is 2.43. The van der Waals surface area contributed by atoms with Gasteiger partial charge in [-0.1, -0.05) is 19.9 Å². The van der Waals surface area contributed by atoms with Gasteiger partial charge < -0.3 is 20.1 Å². The number of ether oxygens (including phenoxy) is 1. The molecule has 1 aromatic carbocycles. The Labute approximate surface area is 155 Å². The molecule has 0 saturated heterocycles. The van der Waals surface area contributed by atoms with Gasteiger partial charge in [-0.3, -0.25) is 4.79 Å². The number of benzene rings is 1. The fourth-order valence-corrected chi connectivity index (χ4v) is 3.57. The Balaban J connectivity index is 0.000000872. The van der Waals surface area contributed by atoms with Gasteiger partial charge in [0, 0.05) is 22.2 Å². The summed E-state index contributed by atoms with van der Waals surface area (Å²) in [5.74, 6) is -0.741. The molecule has 4 heterocycles. The maximum atomic E-state index is 12.8. The predicted molar refractivity (Wildman–Crippen MR) is 101 cm³/mol. The van der Waals surface area contributed by atoms with Crippen LogP contribution in [0.2, 0.25) is 0 Å². The van der Waals surface area contributed by atoms with E-state index in [4.69, 9.17) is 10.5 Å². The van der Waals surface area contributed by atoms with Crippen LogP contribution in [0.3, 0.4) is 0 Å². The van der Waals surface area contributed by atoms with Crippen molar-refractivity contribution in [2.24, 2.45) is 0 Å². The number of aliphatic hydroxyl groups excluding tert-OH is 1. The van der Waals surface area contributed by atoms with Gasteiger partial charge in [0.25, 0.3) is 5.56 Å². The zero-order valence-corrected chi connectivity index (χ0v) is 15.0. The summed E-state index contributed by atoms with van der Waals surface area (Å²) in [6.07, 6.45) is -1.44. The number of rotatable bonds is 0. The number of nitrogens with zero attached hydrogens (tertiary/aromatic N) is 2. The van der Waals surface area contributed by atoms with Crippen LogP contribution in [0.5, 0.6) is 0 Å². The molecule has 0 radical (unpaired) electrons. The number of pyridine rings is 2. The topological polar surface area (TPSA) is 107 Å². The van der Waals surface area contributed by atoms with E-state index in [9.17, 15) is 14.7 Å². The van der Waals surface area contributed by atoms with Crippen LogP contribution in [0, 0.1) is 0 Å². The van der Waals surface area contributed by atoms with Gasteiger partial charge in [-0.05, 0) is 24.3 Å². The molecule has 7 heteroatoms. The average Bonchev–Trinajstić information content (AvgIpc) is 3.04. The van der Waals surface area contributed by atoms with Crippen molar-refractivity contribution >= 4 is 22.6 Å². The Morgan fingerprint density at radius 1 is 1.26 bits per heavy atom. The molecule has 3 N–H and O–H groups in total. The van der Waals surface area contributed by atoms with E-state index in [1.165, 1.54) is 0 Å². The molecule has 1 atom stereocenters. The fraction of sp³-hybridized carbons (Fsp3) is 0.250. The van der Waals surface area contributed by atoms with Gasteiger partial charge in [0.1, 0.15) is 6.61 Å². The number of aromatic nitrogens is 2. The van der Waals surface area contributed by atoms with Crippen molar-refractivity contribution in [2.45, 2.75) is 33.1 Å². The lowest BCUT2D eigenvalue weighted by atomic mass is 10.0. The summed E-state index contributed by atoms with van der Waals surface area (Å²) < 4.78 is 6.47. The molecule has 0 aliphatic carbocycles. The summed E-state index contributed by atoms with van der Waals surface area (Å²) in [5.41, 5.74) is 9.88. The van der Waals surface area contributed by atoms with Crippen molar-refractivity contribution in [1.29, 1.82) is 0 Å². The predicted octanol–water partition coefficient (Wildman–Crippen LogP) is 2.12. The first-order chi connectivity index (χ1) is 13.0. The lowest BCUT2D eigenvalue weighted by Gasteiger charge is -2.21. The maximum absolute atomic E-state index is 12.8. The Kier molecular flexibility index (Phi) is 3.96. The number of cyclic esters (lactones) is 1. The molecule has 0 spiro atoms. The van der Waals surface area contributed by atoms with E-state index >= 15 is 0 Å². The van der Waals surface area contributed by atoms with Crippen LogP contribution in [0.4, 0.5) is 5.69 Å². The summed E-state index contributed by atoms with van der Waals surface area (Å²) >= 11 is 0. The Morgan fingerprint density at radius 2 is 2.04 bits per heavy atom. The van der Waals surface area contributed by atoms with Crippen LogP contribution >= 0.6 is 0 Å². The normalized spacial score (nSPS) is 16.7. The lowest BCUT2D eigenvalue weighted by molar-refractivity contribution is -0.157. The van der Waals surface area contributed by atoms with E-state index in [2.05, 4.69) is 4.98 Å². The van der Waals surface area contributed by atoms with Gasteiger partial charge in [0.05, 0.1) is 29.0 Å². The highest BCUT2D eigenvalue weighted by atomic mass is 16.5. The highest BCUT2D eigenvalue weighted by Crippen LogP contribution is 2.35. The molecule has 1 unspecified atom stereocenters. The fourth-order valence-electron chi connectivity index (χ4n) is 3.57. The maximum Gasteiger partial charge on any atom is 0.340 e. The smallest absolute Gasteiger partial charge is 0.340 e. The number of carbonyl (C=O) groups excluding carboxylic acids is 1. The first kappa shape index (κ1) is 17.2. The summed E-state index contributed by atoms with van der Waals surface area (Å²) in [4.78, 5) is 29.1. The highest BCUT2D eigenvalue weighted by molar-refractivity contribution is 5.93. The summed E-state index contributed by atoms with van der Waals surface area (Å²) in [6, 6.07) is 9.10. The number of nitrogen functional groups attached to an aromatic ring is 1. The Bertz CT molecular complexity index is 1150. The van der Waals surface area contributed by atoms with Crippen LogP contribution in [-0.2, 0) is 22.7 Å². The van der Waals surface area contributed by atoms with Crippen molar-refractivity contribution < 1.29 is 14.6 Å². The van der Waals surface area contributed by atoms with Gasteiger partial charge >= 0.3 is 5.97 Å². The molecular weight excluding hydrogens is 346 g/mol. The number of esters is 1. The van der Waals surface area contributed by atoms with E-state index in [1.54, 1.807) is 10.6 Å². The number of anilines is 1. The molecule has 0 bridgehead atoms. The van der Waals surface area contributed by atoms with E-state index < -0.39 is 12.1 Å². The van der Waals surface area contributed by atoms with Crippen LogP contribution in [-0.4, -0.2) is 20.6 Å². The third-order valence-electron chi connectivity index (χ3n) is 4.85. The van der Waals surface area contributed by atoms with Crippen molar-refractivity contribution in [1.82, 2.24) is 9.55 Å². The second-order valence-electron chi connectivity index (χ2n) is 6.28. The number of hydrogen-bond donors (Lipinski definition) is 2. The van der Waals surface area contributed by atoms with E-state index in [-0.39, 0.29) is 12.2 Å². The van der Waals surface area contributed by atoms with Gasteiger partial charge in [-0.25, -0.2) is 9.78 Å². The molecule has 2 aromatic heterocycles. The van der Waals surface area contributed by atoms with Gasteiger partial charge in [0.15, 0.2) is 6.10 Å². The molecule has 138 valence electrons. The molecule has 0 amide bonds. The summed E-state index contributed by atoms with van der Waals surface area (Å²) in [6.45, 7) is 4.25. The number of hydrogen-bond acceptors (Lipinski definition) is 6. The molecule has 27 heavy (non-hydrogen) atoms. The SMILES string of the molecule is CC.Nc1cccc2nc3c(cc12)Cn1c-3cc2c(c1=O)COC(=O)C2O. The van der Waals surface area contributed by atoms with Gasteiger partial charge in [0.2, 0.25) is 0 Å². The second kappa shape index (κ2) is 6.21. The van der Waals surface area contributed by atoms with E-state index in [0.717, 1.165) is 16.5 Å². The molecular formula is C20H19N3O4. The molecule has 3 aromatic rings. The quantitative estimate of drug-likeness (QED) is 0.365. The van der Waals surface area contributed by atoms with Crippen LogP contribution in [0.15, 0.2) is 35.1 Å². The number of fused-ring (bicyclic) bond motifs is 5. The van der Waals surface area contributed by atoms with E-state index in [1.807, 2.05) is 38.1 Å². The van der Waals surface area contributed by atoms with Crippen LogP contribution in [0.1, 0.15) is 36.6 Å². The second-order valence-corrected chi connectivity index (χ2v) is 6.28. The van der Waals surface area contributed by atoms with E-state index in [0.29, 0.717) is 34.7 Å². The molecule has 0 fully saturated rings. The summed E-state index contributed by atoms with van der Waals surface area (Å²) in [5, 5.41) is 10.9. The lowest BCUT2D eigenvalue weighted by Crippen LogP contribution is -2.32. The van der Waals surface area contributed by atoms with Crippen LogP contribution < -0.4 is 11.3 Å². The standard InChI is InChI=1S/C18H13N3O4.C2H6/c19-12-2-1-3-13-10(12)4-8-6-21-14(15(8)20-13)5-9-11(17(21)23)7-25-18(24)16(9)22;1-2/h1-5,16,22H,6-7,19H2;1-2H3. The molecule has 5 rings (SSSR count). The van der Waals surface area contributed by atoms with Crippen molar-refractivity contribution in [3.8, 4) is 11.4 Å².